The van der Waals surface area contributed by atoms with Crippen LogP contribution in [-0.2, 0) is 10.0 Å². The van der Waals surface area contributed by atoms with Crippen LogP contribution in [0.3, 0.4) is 0 Å². The van der Waals surface area contributed by atoms with Crippen molar-refractivity contribution in [2.45, 2.75) is 23.7 Å². The molecule has 0 unspecified atom stereocenters. The summed E-state index contributed by atoms with van der Waals surface area (Å²) in [5.41, 5.74) is 0.389. The van der Waals surface area contributed by atoms with Gasteiger partial charge in [-0.1, -0.05) is 11.2 Å². The van der Waals surface area contributed by atoms with Gasteiger partial charge in [-0.15, -0.1) is 0 Å². The molecule has 0 saturated carbocycles. The lowest BCUT2D eigenvalue weighted by atomic mass is 10.00. The smallest absolute Gasteiger partial charge is 0.270 e. The Morgan fingerprint density at radius 2 is 1.94 bits per heavy atom. The van der Waals surface area contributed by atoms with Crippen LogP contribution in [0.25, 0.3) is 11.4 Å². The van der Waals surface area contributed by atoms with Crippen LogP contribution in [0.1, 0.15) is 24.7 Å². The number of methoxy groups -OCH3 is 2. The van der Waals surface area contributed by atoms with Crippen LogP contribution >= 0.6 is 0 Å². The second-order valence-electron chi connectivity index (χ2n) is 7.48. The fourth-order valence-corrected chi connectivity index (χ4v) is 5.33. The van der Waals surface area contributed by atoms with E-state index in [0.29, 0.717) is 48.2 Å². The lowest BCUT2D eigenvalue weighted by Gasteiger charge is -2.30. The molecule has 1 aromatic heterocycles. The number of sulfonamides is 1. The average molecular weight is 474 g/mol. The maximum Gasteiger partial charge on any atom is 0.270 e. The molecule has 1 aliphatic heterocycles. The summed E-state index contributed by atoms with van der Waals surface area (Å²) in [4.78, 5) is 14.8. The average Bonchev–Trinajstić information content (AvgIpc) is 3.34. The zero-order valence-electron chi connectivity index (χ0n) is 18.0. The molecule has 2 heterocycles. The number of hydrogen-bond acceptors (Lipinski definition) is 9. The molecule has 1 atom stereocenters. The van der Waals surface area contributed by atoms with Gasteiger partial charge in [0.05, 0.1) is 30.0 Å². The van der Waals surface area contributed by atoms with E-state index in [1.165, 1.54) is 29.6 Å². The maximum absolute atomic E-state index is 13.1. The molecule has 33 heavy (non-hydrogen) atoms. The van der Waals surface area contributed by atoms with Crippen molar-refractivity contribution < 1.29 is 27.3 Å². The molecule has 0 N–H and O–H groups in total. The minimum atomic E-state index is -3.91. The SMILES string of the molecule is COc1ccc(-c2noc([C@H]3CCCN(S(=O)(=O)c4cccc([N+](=O)[O-])c4)C3)n2)cc1OC. The molecule has 4 rings (SSSR count). The van der Waals surface area contributed by atoms with Crippen LogP contribution in [0.4, 0.5) is 5.69 Å². The third kappa shape index (κ3) is 4.52. The molecule has 11 nitrogen and oxygen atoms in total. The topological polar surface area (TPSA) is 138 Å². The minimum Gasteiger partial charge on any atom is -0.493 e. The summed E-state index contributed by atoms with van der Waals surface area (Å²) in [6, 6.07) is 10.3. The number of ether oxygens (including phenoxy) is 2. The molecule has 3 aromatic rings. The van der Waals surface area contributed by atoms with E-state index in [1.54, 1.807) is 25.3 Å². The van der Waals surface area contributed by atoms with Gasteiger partial charge >= 0.3 is 0 Å². The van der Waals surface area contributed by atoms with Gasteiger partial charge in [0.2, 0.25) is 21.7 Å². The van der Waals surface area contributed by atoms with Gasteiger partial charge in [0.25, 0.3) is 5.69 Å². The van der Waals surface area contributed by atoms with Crippen LogP contribution < -0.4 is 9.47 Å². The van der Waals surface area contributed by atoms with Crippen molar-refractivity contribution >= 4 is 15.7 Å². The largest absolute Gasteiger partial charge is 0.493 e. The summed E-state index contributed by atoms with van der Waals surface area (Å²) in [5.74, 6) is 1.48. The third-order valence-corrected chi connectivity index (χ3v) is 7.34. The van der Waals surface area contributed by atoms with Crippen LogP contribution in [0.15, 0.2) is 51.9 Å². The highest BCUT2D eigenvalue weighted by Gasteiger charge is 2.34. The Labute approximate surface area is 190 Å². The second kappa shape index (κ2) is 9.16. The standard InChI is InChI=1S/C21H22N4O7S/c1-30-18-9-8-14(11-19(18)31-2)20-22-21(32-23-20)15-5-4-10-24(13-15)33(28,29)17-7-3-6-16(12-17)25(26)27/h3,6-9,11-12,15H,4-5,10,13H2,1-2H3/t15-/m0/s1. The molecule has 1 saturated heterocycles. The quantitative estimate of drug-likeness (QED) is 0.373. The molecule has 0 bridgehead atoms. The zero-order chi connectivity index (χ0) is 23.6. The fourth-order valence-electron chi connectivity index (χ4n) is 3.76. The van der Waals surface area contributed by atoms with Gasteiger partial charge < -0.3 is 14.0 Å². The number of hydrogen-bond donors (Lipinski definition) is 0. The molecule has 0 aliphatic carbocycles. The van der Waals surface area contributed by atoms with Crippen LogP contribution in [-0.4, -0.2) is 55.1 Å². The summed E-state index contributed by atoms with van der Waals surface area (Å²) in [6.45, 7) is 0.441. The van der Waals surface area contributed by atoms with Crippen molar-refractivity contribution in [2.24, 2.45) is 0 Å². The highest BCUT2D eigenvalue weighted by Crippen LogP contribution is 2.34. The Bertz CT molecular complexity index is 1280. The molecular formula is C21H22N4O7S. The van der Waals surface area contributed by atoms with E-state index in [4.69, 9.17) is 14.0 Å². The Kier molecular flexibility index (Phi) is 6.29. The molecule has 2 aromatic carbocycles. The number of rotatable bonds is 7. The highest BCUT2D eigenvalue weighted by molar-refractivity contribution is 7.89. The van der Waals surface area contributed by atoms with Crippen LogP contribution in [0, 0.1) is 10.1 Å². The number of benzene rings is 2. The summed E-state index contributed by atoms with van der Waals surface area (Å²) in [6.07, 6.45) is 1.27. The molecule has 1 aliphatic rings. The molecule has 0 amide bonds. The number of nitrogens with zero attached hydrogens (tertiary/aromatic N) is 4. The van der Waals surface area contributed by atoms with Crippen molar-refractivity contribution in [3.8, 4) is 22.9 Å². The first-order valence-corrected chi connectivity index (χ1v) is 11.6. The van der Waals surface area contributed by atoms with Crippen LogP contribution in [0.5, 0.6) is 11.5 Å². The van der Waals surface area contributed by atoms with Crippen molar-refractivity contribution in [3.05, 3.63) is 58.5 Å². The van der Waals surface area contributed by atoms with Gasteiger partial charge in [-0.05, 0) is 37.1 Å². The number of piperidine rings is 1. The van der Waals surface area contributed by atoms with Gasteiger partial charge in [0.1, 0.15) is 0 Å². The number of nitro benzene ring substituents is 1. The number of aromatic nitrogens is 2. The van der Waals surface area contributed by atoms with Crippen molar-refractivity contribution in [1.29, 1.82) is 0 Å². The lowest BCUT2D eigenvalue weighted by molar-refractivity contribution is -0.385. The molecule has 1 fully saturated rings. The summed E-state index contributed by atoms with van der Waals surface area (Å²) in [5, 5.41) is 15.1. The Balaban J connectivity index is 1.56. The molecule has 0 radical (unpaired) electrons. The minimum absolute atomic E-state index is 0.117. The van der Waals surface area contributed by atoms with E-state index < -0.39 is 14.9 Å². The van der Waals surface area contributed by atoms with Crippen molar-refractivity contribution in [1.82, 2.24) is 14.4 Å². The van der Waals surface area contributed by atoms with Gasteiger partial charge in [-0.2, -0.15) is 9.29 Å². The molecule has 174 valence electrons. The third-order valence-electron chi connectivity index (χ3n) is 5.48. The first-order chi connectivity index (χ1) is 15.8. The Morgan fingerprint density at radius 1 is 1.15 bits per heavy atom. The summed E-state index contributed by atoms with van der Waals surface area (Å²) in [7, 11) is -0.841. The van der Waals surface area contributed by atoms with Crippen molar-refractivity contribution in [3.63, 3.8) is 0 Å². The lowest BCUT2D eigenvalue weighted by Crippen LogP contribution is -2.39. The number of non-ortho nitro benzene ring substituents is 1. The predicted molar refractivity (Wildman–Crippen MR) is 117 cm³/mol. The molecule has 12 heteroatoms. The monoisotopic (exact) mass is 474 g/mol. The van der Waals surface area contributed by atoms with E-state index in [1.807, 2.05) is 0 Å². The van der Waals surface area contributed by atoms with E-state index in [2.05, 4.69) is 10.1 Å². The number of nitro groups is 1. The van der Waals surface area contributed by atoms with Crippen molar-refractivity contribution in [2.75, 3.05) is 27.3 Å². The maximum atomic E-state index is 13.1. The van der Waals surface area contributed by atoms with E-state index in [9.17, 15) is 18.5 Å². The highest BCUT2D eigenvalue weighted by atomic mass is 32.2. The van der Waals surface area contributed by atoms with Gasteiger partial charge in [0.15, 0.2) is 11.5 Å². The Morgan fingerprint density at radius 3 is 2.67 bits per heavy atom. The van der Waals surface area contributed by atoms with Gasteiger partial charge in [0, 0.05) is 30.8 Å². The molecule has 0 spiro atoms. The van der Waals surface area contributed by atoms with Gasteiger partial charge in [-0.25, -0.2) is 8.42 Å². The first-order valence-electron chi connectivity index (χ1n) is 10.1. The summed E-state index contributed by atoms with van der Waals surface area (Å²) >= 11 is 0. The Hall–Kier alpha value is -3.51. The van der Waals surface area contributed by atoms with Gasteiger partial charge in [-0.3, -0.25) is 10.1 Å². The second-order valence-corrected chi connectivity index (χ2v) is 9.42. The predicted octanol–water partition coefficient (Wildman–Crippen LogP) is 3.23. The summed E-state index contributed by atoms with van der Waals surface area (Å²) < 4.78 is 43.5. The van der Waals surface area contributed by atoms with E-state index in [-0.39, 0.29) is 23.0 Å². The van der Waals surface area contributed by atoms with Crippen LogP contribution in [0.2, 0.25) is 0 Å². The fraction of sp³-hybridized carbons (Fsp3) is 0.333. The van der Waals surface area contributed by atoms with E-state index in [0.717, 1.165) is 6.07 Å². The van der Waals surface area contributed by atoms with E-state index >= 15 is 0 Å². The molecular weight excluding hydrogens is 452 g/mol. The first kappa shape index (κ1) is 22.7. The normalized spacial score (nSPS) is 17.0. The zero-order valence-corrected chi connectivity index (χ0v) is 18.8.